The number of hydrogen-bond acceptors (Lipinski definition) is 3. The molecule has 3 nitrogen and oxygen atoms in total. The third-order valence-electron chi connectivity index (χ3n) is 2.82. The van der Waals surface area contributed by atoms with Crippen molar-refractivity contribution in [2.45, 2.75) is 18.9 Å². The first-order valence-corrected chi connectivity index (χ1v) is 6.98. The van der Waals surface area contributed by atoms with E-state index >= 15 is 0 Å². The number of aromatic nitrogens is 2. The van der Waals surface area contributed by atoms with Gasteiger partial charge in [-0.25, -0.2) is 4.98 Å². The topological polar surface area (TPSA) is 40.7 Å². The van der Waals surface area contributed by atoms with E-state index in [9.17, 15) is 0 Å². The first kappa shape index (κ1) is 10.5. The predicted octanol–water partition coefficient (Wildman–Crippen LogP) is 3.33. The fourth-order valence-corrected chi connectivity index (χ4v) is 3.37. The summed E-state index contributed by atoms with van der Waals surface area (Å²) in [6.45, 7) is 1.10. The van der Waals surface area contributed by atoms with Crippen LogP contribution in [-0.4, -0.2) is 16.5 Å². The lowest BCUT2D eigenvalue weighted by molar-refractivity contribution is 0.613. The molecule has 2 aromatic heterocycles. The third kappa shape index (κ3) is 1.95. The Kier molecular flexibility index (Phi) is 2.83. The molecule has 1 atom stereocenters. The van der Waals surface area contributed by atoms with E-state index in [1.165, 1.54) is 17.7 Å². The minimum Gasteiger partial charge on any atom is -0.340 e. The summed E-state index contributed by atoms with van der Waals surface area (Å²) >= 11 is 5.20. The van der Waals surface area contributed by atoms with Gasteiger partial charge < -0.3 is 10.3 Å². The Bertz CT molecular complexity index is 485. The lowest BCUT2D eigenvalue weighted by Gasteiger charge is -2.04. The SMILES string of the molecule is Brc1ccc(-c2cnc(C3CCCN3)[nH]2)s1. The van der Waals surface area contributed by atoms with E-state index in [2.05, 4.69) is 43.3 Å². The highest BCUT2D eigenvalue weighted by Gasteiger charge is 2.19. The van der Waals surface area contributed by atoms with Gasteiger partial charge in [-0.2, -0.15) is 0 Å². The number of hydrogen-bond donors (Lipinski definition) is 2. The van der Waals surface area contributed by atoms with Crippen molar-refractivity contribution in [3.05, 3.63) is 27.9 Å². The summed E-state index contributed by atoms with van der Waals surface area (Å²) in [5.74, 6) is 1.07. The van der Waals surface area contributed by atoms with Gasteiger partial charge >= 0.3 is 0 Å². The number of nitrogens with zero attached hydrogens (tertiary/aromatic N) is 1. The van der Waals surface area contributed by atoms with Gasteiger partial charge in [-0.15, -0.1) is 11.3 Å². The second kappa shape index (κ2) is 4.31. The molecule has 1 aliphatic rings. The minimum atomic E-state index is 0.414. The van der Waals surface area contributed by atoms with Gasteiger partial charge in [0.05, 0.1) is 26.6 Å². The maximum absolute atomic E-state index is 4.46. The highest BCUT2D eigenvalue weighted by Crippen LogP contribution is 2.31. The van der Waals surface area contributed by atoms with Crippen LogP contribution in [0.2, 0.25) is 0 Å². The second-order valence-electron chi connectivity index (χ2n) is 3.93. The van der Waals surface area contributed by atoms with Crippen LogP contribution in [0.1, 0.15) is 24.7 Å². The van der Waals surface area contributed by atoms with E-state index in [0.717, 1.165) is 21.8 Å². The van der Waals surface area contributed by atoms with Crippen molar-refractivity contribution < 1.29 is 0 Å². The van der Waals surface area contributed by atoms with E-state index in [1.807, 2.05) is 6.20 Å². The zero-order chi connectivity index (χ0) is 11.0. The van der Waals surface area contributed by atoms with Crippen molar-refractivity contribution in [1.82, 2.24) is 15.3 Å². The standard InChI is InChI=1S/C11H12BrN3S/c12-10-4-3-9(16-10)8-6-14-11(15-8)7-2-1-5-13-7/h3-4,6-7,13H,1-2,5H2,(H,14,15). The molecule has 16 heavy (non-hydrogen) atoms. The zero-order valence-corrected chi connectivity index (χ0v) is 11.1. The number of nitrogens with one attached hydrogen (secondary N) is 2. The molecule has 0 amide bonds. The average molecular weight is 298 g/mol. The lowest BCUT2D eigenvalue weighted by atomic mass is 10.2. The lowest BCUT2D eigenvalue weighted by Crippen LogP contribution is -2.14. The first-order valence-electron chi connectivity index (χ1n) is 5.37. The van der Waals surface area contributed by atoms with Crippen molar-refractivity contribution in [3.8, 4) is 10.6 Å². The van der Waals surface area contributed by atoms with Crippen molar-refractivity contribution in [1.29, 1.82) is 0 Å². The smallest absolute Gasteiger partial charge is 0.123 e. The van der Waals surface area contributed by atoms with Crippen LogP contribution in [-0.2, 0) is 0 Å². The minimum absolute atomic E-state index is 0.414. The highest BCUT2D eigenvalue weighted by molar-refractivity contribution is 9.11. The molecule has 1 aliphatic heterocycles. The maximum Gasteiger partial charge on any atom is 0.123 e. The van der Waals surface area contributed by atoms with Crippen molar-refractivity contribution in [2.75, 3.05) is 6.54 Å². The number of halogens is 1. The third-order valence-corrected chi connectivity index (χ3v) is 4.48. The predicted molar refractivity (Wildman–Crippen MR) is 69.6 cm³/mol. The van der Waals surface area contributed by atoms with Gasteiger partial charge in [0.1, 0.15) is 5.82 Å². The van der Waals surface area contributed by atoms with Crippen molar-refractivity contribution >= 4 is 27.3 Å². The number of aromatic amines is 1. The Morgan fingerprint density at radius 2 is 2.38 bits per heavy atom. The fourth-order valence-electron chi connectivity index (χ4n) is 2.02. The van der Waals surface area contributed by atoms with E-state index < -0.39 is 0 Å². The van der Waals surface area contributed by atoms with Crippen LogP contribution >= 0.6 is 27.3 Å². The van der Waals surface area contributed by atoms with Gasteiger partial charge in [-0.3, -0.25) is 0 Å². The summed E-state index contributed by atoms with van der Waals surface area (Å²) in [6, 6.07) is 4.58. The summed E-state index contributed by atoms with van der Waals surface area (Å²) in [5, 5.41) is 3.44. The van der Waals surface area contributed by atoms with Gasteiger partial charge in [0.25, 0.3) is 0 Å². The van der Waals surface area contributed by atoms with Crippen LogP contribution in [0.3, 0.4) is 0 Å². The molecule has 84 valence electrons. The maximum atomic E-state index is 4.46. The van der Waals surface area contributed by atoms with Crippen LogP contribution < -0.4 is 5.32 Å². The van der Waals surface area contributed by atoms with Crippen LogP contribution in [0.5, 0.6) is 0 Å². The summed E-state index contributed by atoms with van der Waals surface area (Å²) < 4.78 is 1.15. The monoisotopic (exact) mass is 297 g/mol. The van der Waals surface area contributed by atoms with E-state index in [4.69, 9.17) is 0 Å². The molecule has 0 saturated carbocycles. The molecule has 5 heteroatoms. The second-order valence-corrected chi connectivity index (χ2v) is 6.40. The van der Waals surface area contributed by atoms with Crippen molar-refractivity contribution in [2.24, 2.45) is 0 Å². The van der Waals surface area contributed by atoms with Gasteiger partial charge in [-0.05, 0) is 47.4 Å². The molecule has 0 spiro atoms. The molecule has 3 rings (SSSR count). The molecule has 3 heterocycles. The van der Waals surface area contributed by atoms with Crippen LogP contribution in [0.25, 0.3) is 10.6 Å². The average Bonchev–Trinajstić information content (AvgIpc) is 2.97. The molecule has 1 fully saturated rings. The quantitative estimate of drug-likeness (QED) is 0.893. The van der Waals surface area contributed by atoms with Crippen molar-refractivity contribution in [3.63, 3.8) is 0 Å². The van der Waals surface area contributed by atoms with E-state index in [1.54, 1.807) is 11.3 Å². The Hall–Kier alpha value is -0.650. The van der Waals surface area contributed by atoms with Gasteiger partial charge in [0, 0.05) is 0 Å². The molecule has 2 N–H and O–H groups in total. The Balaban J connectivity index is 1.87. The Morgan fingerprint density at radius 1 is 1.44 bits per heavy atom. The molecule has 1 unspecified atom stereocenters. The largest absolute Gasteiger partial charge is 0.340 e. The Labute approximate surface area is 106 Å². The number of H-pyrrole nitrogens is 1. The summed E-state index contributed by atoms with van der Waals surface area (Å²) in [5.41, 5.74) is 1.11. The molecule has 1 saturated heterocycles. The van der Waals surface area contributed by atoms with Gasteiger partial charge in [0.2, 0.25) is 0 Å². The molecule has 2 aromatic rings. The van der Waals surface area contributed by atoms with Gasteiger partial charge in [0.15, 0.2) is 0 Å². The fraction of sp³-hybridized carbons (Fsp3) is 0.364. The highest BCUT2D eigenvalue weighted by atomic mass is 79.9. The molecule has 0 radical (unpaired) electrons. The number of thiophene rings is 1. The molecule has 0 aliphatic carbocycles. The summed E-state index contributed by atoms with van der Waals surface area (Å²) in [7, 11) is 0. The Morgan fingerprint density at radius 3 is 3.06 bits per heavy atom. The molecular formula is C11H12BrN3S. The van der Waals surface area contributed by atoms with Crippen LogP contribution in [0.4, 0.5) is 0 Å². The van der Waals surface area contributed by atoms with Crippen LogP contribution in [0, 0.1) is 0 Å². The molecule has 0 bridgehead atoms. The molecular weight excluding hydrogens is 286 g/mol. The number of imidazole rings is 1. The summed E-state index contributed by atoms with van der Waals surface area (Å²) in [4.78, 5) is 9.08. The molecule has 0 aromatic carbocycles. The zero-order valence-electron chi connectivity index (χ0n) is 8.66. The van der Waals surface area contributed by atoms with Gasteiger partial charge in [-0.1, -0.05) is 0 Å². The van der Waals surface area contributed by atoms with Crippen LogP contribution in [0.15, 0.2) is 22.1 Å². The number of rotatable bonds is 2. The first-order chi connectivity index (χ1) is 7.83. The van der Waals surface area contributed by atoms with E-state index in [-0.39, 0.29) is 0 Å². The van der Waals surface area contributed by atoms with E-state index in [0.29, 0.717) is 6.04 Å². The normalized spacial score (nSPS) is 20.4. The summed E-state index contributed by atoms with van der Waals surface area (Å²) in [6.07, 6.45) is 4.35.